The van der Waals surface area contributed by atoms with E-state index < -0.39 is 0 Å². The van der Waals surface area contributed by atoms with Crippen molar-refractivity contribution in [2.45, 2.75) is 32.4 Å². The Labute approximate surface area is 155 Å². The van der Waals surface area contributed by atoms with Crippen molar-refractivity contribution in [1.29, 1.82) is 0 Å². The number of hydrogen-bond donors (Lipinski definition) is 1. The zero-order valence-corrected chi connectivity index (χ0v) is 15.2. The number of hydrogen-bond acceptors (Lipinski definition) is 4. The van der Waals surface area contributed by atoms with E-state index in [4.69, 9.17) is 0 Å². The number of thiazole rings is 1. The second-order valence-corrected chi connectivity index (χ2v) is 7.34. The Morgan fingerprint density at radius 3 is 2.88 bits per heavy atom. The van der Waals surface area contributed by atoms with E-state index in [0.717, 1.165) is 34.7 Å². The van der Waals surface area contributed by atoms with Crippen molar-refractivity contribution in [3.8, 4) is 0 Å². The molecular formula is C19H20N4O2S. The van der Waals surface area contributed by atoms with Gasteiger partial charge in [0.2, 0.25) is 11.8 Å². The molecule has 1 aliphatic rings. The van der Waals surface area contributed by atoms with Gasteiger partial charge < -0.3 is 10.2 Å². The zero-order chi connectivity index (χ0) is 17.9. The Morgan fingerprint density at radius 2 is 2.12 bits per heavy atom. The van der Waals surface area contributed by atoms with E-state index in [1.165, 1.54) is 0 Å². The maximum atomic E-state index is 12.3. The smallest absolute Gasteiger partial charge is 0.226 e. The van der Waals surface area contributed by atoms with Gasteiger partial charge in [-0.25, -0.2) is 4.98 Å². The van der Waals surface area contributed by atoms with Gasteiger partial charge in [-0.1, -0.05) is 24.3 Å². The van der Waals surface area contributed by atoms with E-state index in [-0.39, 0.29) is 18.2 Å². The quantitative estimate of drug-likeness (QED) is 0.726. The topological polar surface area (TPSA) is 66.7 Å². The summed E-state index contributed by atoms with van der Waals surface area (Å²) in [6, 6.07) is 7.96. The fourth-order valence-electron chi connectivity index (χ4n) is 3.24. The summed E-state index contributed by atoms with van der Waals surface area (Å²) in [5.41, 5.74) is 2.90. The van der Waals surface area contributed by atoms with Crippen LogP contribution in [0, 0.1) is 0 Å². The zero-order valence-electron chi connectivity index (χ0n) is 14.4. The molecule has 0 atom stereocenters. The maximum absolute atomic E-state index is 12.3. The molecule has 0 saturated carbocycles. The summed E-state index contributed by atoms with van der Waals surface area (Å²) in [6.45, 7) is 1.89. The maximum Gasteiger partial charge on any atom is 0.226 e. The van der Waals surface area contributed by atoms with Gasteiger partial charge in [0.25, 0.3) is 0 Å². The monoisotopic (exact) mass is 368 g/mol. The van der Waals surface area contributed by atoms with Gasteiger partial charge in [0.1, 0.15) is 0 Å². The van der Waals surface area contributed by atoms with Crippen LogP contribution in [0.1, 0.15) is 29.7 Å². The van der Waals surface area contributed by atoms with E-state index >= 15 is 0 Å². The molecule has 0 spiro atoms. The molecule has 134 valence electrons. The molecule has 3 heterocycles. The Balaban J connectivity index is 1.37. The van der Waals surface area contributed by atoms with Crippen molar-refractivity contribution in [3.63, 3.8) is 0 Å². The molecule has 1 N–H and O–H groups in total. The standard InChI is InChI=1S/C19H20N4O2S/c24-17(10-16-13-23-8-9-26-19(23)21-16)20-11-14-4-1-2-5-15(14)12-22-7-3-6-18(22)25/h1-2,4-5,8-9,13H,3,6-7,10-12H2,(H,20,24). The number of benzene rings is 1. The average molecular weight is 368 g/mol. The van der Waals surface area contributed by atoms with Crippen LogP contribution in [0.15, 0.2) is 42.0 Å². The number of rotatable bonds is 6. The molecule has 2 amide bonds. The Bertz CT molecular complexity index is 917. The molecule has 1 aromatic carbocycles. The molecule has 26 heavy (non-hydrogen) atoms. The molecular weight excluding hydrogens is 348 g/mol. The number of nitrogens with one attached hydrogen (secondary N) is 1. The normalized spacial score (nSPS) is 14.3. The minimum Gasteiger partial charge on any atom is -0.352 e. The second kappa shape index (κ2) is 7.29. The molecule has 0 radical (unpaired) electrons. The summed E-state index contributed by atoms with van der Waals surface area (Å²) in [7, 11) is 0. The summed E-state index contributed by atoms with van der Waals surface area (Å²) in [4.78, 5) is 31.4. The van der Waals surface area contributed by atoms with Crippen LogP contribution in [0.3, 0.4) is 0 Å². The van der Waals surface area contributed by atoms with Crippen LogP contribution >= 0.6 is 11.3 Å². The van der Waals surface area contributed by atoms with E-state index in [9.17, 15) is 9.59 Å². The van der Waals surface area contributed by atoms with Gasteiger partial charge in [-0.05, 0) is 17.5 Å². The number of fused-ring (bicyclic) bond motifs is 1. The van der Waals surface area contributed by atoms with Crippen molar-refractivity contribution < 1.29 is 9.59 Å². The van der Waals surface area contributed by atoms with Gasteiger partial charge in [0.15, 0.2) is 4.96 Å². The predicted molar refractivity (Wildman–Crippen MR) is 99.7 cm³/mol. The lowest BCUT2D eigenvalue weighted by Crippen LogP contribution is -2.27. The lowest BCUT2D eigenvalue weighted by molar-refractivity contribution is -0.128. The molecule has 0 bridgehead atoms. The summed E-state index contributed by atoms with van der Waals surface area (Å²) < 4.78 is 1.93. The largest absolute Gasteiger partial charge is 0.352 e. The van der Waals surface area contributed by atoms with Crippen LogP contribution in [0.5, 0.6) is 0 Å². The number of likely N-dealkylation sites (tertiary alicyclic amines) is 1. The third kappa shape index (κ3) is 3.62. The van der Waals surface area contributed by atoms with Crippen LogP contribution < -0.4 is 5.32 Å². The first-order valence-electron chi connectivity index (χ1n) is 8.71. The minimum absolute atomic E-state index is 0.0530. The first kappa shape index (κ1) is 16.8. The van der Waals surface area contributed by atoms with Crippen molar-refractivity contribution in [2.75, 3.05) is 6.54 Å². The third-order valence-electron chi connectivity index (χ3n) is 4.61. The van der Waals surface area contributed by atoms with Gasteiger partial charge in [-0.3, -0.25) is 14.0 Å². The molecule has 6 nitrogen and oxygen atoms in total. The van der Waals surface area contributed by atoms with Crippen molar-refractivity contribution in [3.05, 3.63) is 58.9 Å². The van der Waals surface area contributed by atoms with Gasteiger partial charge in [-0.15, -0.1) is 11.3 Å². The molecule has 1 fully saturated rings. The first-order valence-corrected chi connectivity index (χ1v) is 9.59. The van der Waals surface area contributed by atoms with Crippen LogP contribution in [-0.4, -0.2) is 32.6 Å². The Hall–Kier alpha value is -2.67. The van der Waals surface area contributed by atoms with Gasteiger partial charge in [0.05, 0.1) is 12.1 Å². The number of aromatic nitrogens is 2. The lowest BCUT2D eigenvalue weighted by atomic mass is 10.1. The number of imidazole rings is 1. The Kier molecular flexibility index (Phi) is 4.71. The van der Waals surface area contributed by atoms with Crippen LogP contribution in [0.4, 0.5) is 0 Å². The number of nitrogens with zero attached hydrogens (tertiary/aromatic N) is 3. The number of amides is 2. The molecule has 2 aromatic heterocycles. The summed E-state index contributed by atoms with van der Waals surface area (Å²) in [5, 5.41) is 4.94. The van der Waals surface area contributed by atoms with E-state index in [1.54, 1.807) is 11.3 Å². The van der Waals surface area contributed by atoms with Crippen LogP contribution in [0.25, 0.3) is 4.96 Å². The fourth-order valence-corrected chi connectivity index (χ4v) is 3.96. The highest BCUT2D eigenvalue weighted by Crippen LogP contribution is 2.17. The molecule has 0 aliphatic carbocycles. The molecule has 3 aromatic rings. The number of carbonyl (C=O) groups excluding carboxylic acids is 2. The Morgan fingerprint density at radius 1 is 1.27 bits per heavy atom. The SMILES string of the molecule is O=C(Cc1cn2ccsc2n1)NCc1ccccc1CN1CCCC1=O. The van der Waals surface area contributed by atoms with Gasteiger partial charge in [0, 0.05) is 43.8 Å². The summed E-state index contributed by atoms with van der Waals surface area (Å²) >= 11 is 1.55. The van der Waals surface area contributed by atoms with E-state index in [0.29, 0.717) is 19.5 Å². The molecule has 4 rings (SSSR count). The molecule has 7 heteroatoms. The fraction of sp³-hybridized carbons (Fsp3) is 0.316. The minimum atomic E-state index is -0.0530. The molecule has 1 aliphatic heterocycles. The predicted octanol–water partition coefficient (Wildman–Crippen LogP) is 2.38. The highest BCUT2D eigenvalue weighted by atomic mass is 32.1. The summed E-state index contributed by atoms with van der Waals surface area (Å²) in [5.74, 6) is 0.159. The first-order chi connectivity index (χ1) is 12.7. The van der Waals surface area contributed by atoms with Gasteiger partial charge >= 0.3 is 0 Å². The van der Waals surface area contributed by atoms with Gasteiger partial charge in [-0.2, -0.15) is 0 Å². The molecule has 0 unspecified atom stereocenters. The second-order valence-electron chi connectivity index (χ2n) is 6.47. The van der Waals surface area contributed by atoms with Crippen molar-refractivity contribution >= 4 is 28.1 Å². The van der Waals surface area contributed by atoms with E-state index in [1.807, 2.05) is 51.3 Å². The van der Waals surface area contributed by atoms with Crippen LogP contribution in [-0.2, 0) is 29.1 Å². The molecule has 1 saturated heterocycles. The van der Waals surface area contributed by atoms with Crippen molar-refractivity contribution in [2.24, 2.45) is 0 Å². The number of carbonyl (C=O) groups is 2. The highest BCUT2D eigenvalue weighted by molar-refractivity contribution is 7.15. The van der Waals surface area contributed by atoms with Crippen LogP contribution in [0.2, 0.25) is 0 Å². The lowest BCUT2D eigenvalue weighted by Gasteiger charge is -2.18. The van der Waals surface area contributed by atoms with E-state index in [2.05, 4.69) is 10.3 Å². The average Bonchev–Trinajstić information content (AvgIpc) is 3.31. The highest BCUT2D eigenvalue weighted by Gasteiger charge is 2.21. The summed E-state index contributed by atoms with van der Waals surface area (Å²) in [6.07, 6.45) is 5.66. The van der Waals surface area contributed by atoms with Crippen molar-refractivity contribution in [1.82, 2.24) is 19.6 Å². The third-order valence-corrected chi connectivity index (χ3v) is 5.38.